The van der Waals surface area contributed by atoms with Gasteiger partial charge in [0.25, 0.3) is 0 Å². The van der Waals surface area contributed by atoms with Crippen molar-refractivity contribution in [3.8, 4) is 28.7 Å². The molecule has 0 aliphatic rings. The Morgan fingerprint density at radius 3 is 2.48 bits per heavy atom. The van der Waals surface area contributed by atoms with Crippen LogP contribution in [0.4, 0.5) is 0 Å². The molecule has 1 unspecified atom stereocenters. The van der Waals surface area contributed by atoms with E-state index >= 15 is 0 Å². The van der Waals surface area contributed by atoms with Gasteiger partial charge in [-0.2, -0.15) is 0 Å². The van der Waals surface area contributed by atoms with Gasteiger partial charge in [0.2, 0.25) is 0 Å². The van der Waals surface area contributed by atoms with Crippen molar-refractivity contribution in [3.63, 3.8) is 0 Å². The Kier molecular flexibility index (Phi) is 8.49. The van der Waals surface area contributed by atoms with E-state index in [2.05, 4.69) is 22.1 Å². The molecule has 3 rings (SSSR count). The van der Waals surface area contributed by atoms with Crippen LogP contribution < -0.4 is 10.1 Å². The molecule has 31 heavy (non-hydrogen) atoms. The SMILES string of the molecule is CCC(CO)NCCOc1ccc(C#Cc2ccc(-c3ccc(Cl)cc3)cn2)cc1C. The van der Waals surface area contributed by atoms with Crippen molar-refractivity contribution >= 4 is 11.6 Å². The number of pyridine rings is 1. The number of nitrogens with one attached hydrogen (secondary N) is 1. The van der Waals surface area contributed by atoms with E-state index in [1.54, 1.807) is 0 Å². The fraction of sp³-hybridized carbons (Fsp3) is 0.269. The fourth-order valence-corrected chi connectivity index (χ4v) is 3.19. The molecule has 0 saturated heterocycles. The first-order valence-corrected chi connectivity index (χ1v) is 10.8. The van der Waals surface area contributed by atoms with Gasteiger partial charge in [-0.15, -0.1) is 0 Å². The second-order valence-electron chi connectivity index (χ2n) is 7.26. The zero-order chi connectivity index (χ0) is 22.1. The molecular formula is C26H27ClN2O2. The Morgan fingerprint density at radius 1 is 1.06 bits per heavy atom. The predicted molar refractivity (Wildman–Crippen MR) is 127 cm³/mol. The summed E-state index contributed by atoms with van der Waals surface area (Å²) in [5.74, 6) is 7.13. The number of ether oxygens (including phenoxy) is 1. The average molecular weight is 435 g/mol. The van der Waals surface area contributed by atoms with Gasteiger partial charge < -0.3 is 15.2 Å². The molecule has 0 aliphatic heterocycles. The average Bonchev–Trinajstić information content (AvgIpc) is 2.80. The van der Waals surface area contributed by atoms with Gasteiger partial charge in [0.1, 0.15) is 18.1 Å². The van der Waals surface area contributed by atoms with Crippen LogP contribution >= 0.6 is 11.6 Å². The minimum atomic E-state index is 0.121. The fourth-order valence-electron chi connectivity index (χ4n) is 3.07. The zero-order valence-electron chi connectivity index (χ0n) is 17.9. The molecule has 0 bridgehead atoms. The van der Waals surface area contributed by atoms with E-state index in [4.69, 9.17) is 16.3 Å². The van der Waals surface area contributed by atoms with Gasteiger partial charge in [-0.25, -0.2) is 4.98 Å². The Hall–Kier alpha value is -2.84. The standard InChI is InChI=1S/C26H27ClN2O2/c1-3-24(18-30)28-14-15-31-26-13-5-20(16-19(26)2)4-11-25-12-8-22(17-29-25)21-6-9-23(27)10-7-21/h5-10,12-13,16-17,24,28,30H,3,14-15,18H2,1-2H3. The number of benzene rings is 2. The molecule has 0 saturated carbocycles. The second-order valence-corrected chi connectivity index (χ2v) is 7.70. The summed E-state index contributed by atoms with van der Waals surface area (Å²) in [6, 6.07) is 17.6. The zero-order valence-corrected chi connectivity index (χ0v) is 18.6. The van der Waals surface area contributed by atoms with E-state index in [0.717, 1.165) is 45.1 Å². The summed E-state index contributed by atoms with van der Waals surface area (Å²) in [7, 11) is 0. The maximum absolute atomic E-state index is 9.20. The number of hydrogen-bond acceptors (Lipinski definition) is 4. The van der Waals surface area contributed by atoms with Crippen molar-refractivity contribution in [2.45, 2.75) is 26.3 Å². The summed E-state index contributed by atoms with van der Waals surface area (Å²) in [5.41, 5.74) is 4.76. The molecule has 0 spiro atoms. The first-order chi connectivity index (χ1) is 15.1. The molecule has 1 heterocycles. The lowest BCUT2D eigenvalue weighted by atomic mass is 10.1. The summed E-state index contributed by atoms with van der Waals surface area (Å²) in [6.07, 6.45) is 2.71. The van der Waals surface area contributed by atoms with E-state index in [9.17, 15) is 5.11 Å². The van der Waals surface area contributed by atoms with Crippen molar-refractivity contribution in [1.82, 2.24) is 10.3 Å². The molecule has 0 fully saturated rings. The topological polar surface area (TPSA) is 54.4 Å². The predicted octanol–water partition coefficient (Wildman–Crippen LogP) is 4.85. The van der Waals surface area contributed by atoms with Crippen LogP contribution in [-0.4, -0.2) is 35.9 Å². The van der Waals surface area contributed by atoms with Crippen LogP contribution in [0.25, 0.3) is 11.1 Å². The molecule has 5 heteroatoms. The van der Waals surface area contributed by atoms with E-state index in [1.165, 1.54) is 0 Å². The van der Waals surface area contributed by atoms with Gasteiger partial charge in [-0.05, 0) is 66.8 Å². The number of aromatic nitrogens is 1. The highest BCUT2D eigenvalue weighted by atomic mass is 35.5. The molecule has 4 nitrogen and oxygen atoms in total. The smallest absolute Gasteiger partial charge is 0.122 e. The quantitative estimate of drug-likeness (QED) is 0.393. The van der Waals surface area contributed by atoms with Crippen molar-refractivity contribution in [2.24, 2.45) is 0 Å². The molecule has 1 atom stereocenters. The summed E-state index contributed by atoms with van der Waals surface area (Å²) in [4.78, 5) is 4.45. The third-order valence-electron chi connectivity index (χ3n) is 4.96. The lowest BCUT2D eigenvalue weighted by molar-refractivity contribution is 0.227. The highest BCUT2D eigenvalue weighted by molar-refractivity contribution is 6.30. The number of aliphatic hydroxyl groups is 1. The van der Waals surface area contributed by atoms with Gasteiger partial charge in [-0.1, -0.05) is 42.6 Å². The number of aliphatic hydroxyl groups excluding tert-OH is 1. The van der Waals surface area contributed by atoms with E-state index in [0.29, 0.717) is 13.2 Å². The molecule has 0 aliphatic carbocycles. The second kappa shape index (κ2) is 11.5. The van der Waals surface area contributed by atoms with Crippen molar-refractivity contribution in [1.29, 1.82) is 0 Å². The van der Waals surface area contributed by atoms with Crippen LogP contribution in [0.3, 0.4) is 0 Å². The molecule has 0 amide bonds. The molecule has 2 N–H and O–H groups in total. The van der Waals surface area contributed by atoms with E-state index in [1.807, 2.05) is 74.6 Å². The van der Waals surface area contributed by atoms with E-state index < -0.39 is 0 Å². The molecular weight excluding hydrogens is 408 g/mol. The maximum Gasteiger partial charge on any atom is 0.122 e. The Balaban J connectivity index is 1.58. The van der Waals surface area contributed by atoms with Gasteiger partial charge in [-0.3, -0.25) is 0 Å². The lowest BCUT2D eigenvalue weighted by Gasteiger charge is -2.15. The molecule has 0 radical (unpaired) electrons. The summed E-state index contributed by atoms with van der Waals surface area (Å²) >= 11 is 5.95. The molecule has 1 aromatic heterocycles. The van der Waals surface area contributed by atoms with Crippen LogP contribution in [0.1, 0.15) is 30.2 Å². The van der Waals surface area contributed by atoms with Crippen LogP contribution in [0.5, 0.6) is 5.75 Å². The lowest BCUT2D eigenvalue weighted by Crippen LogP contribution is -2.34. The van der Waals surface area contributed by atoms with Crippen molar-refractivity contribution < 1.29 is 9.84 Å². The van der Waals surface area contributed by atoms with Gasteiger partial charge in [0.15, 0.2) is 0 Å². The van der Waals surface area contributed by atoms with Gasteiger partial charge in [0.05, 0.1) is 6.61 Å². The summed E-state index contributed by atoms with van der Waals surface area (Å²) < 4.78 is 5.84. The third-order valence-corrected chi connectivity index (χ3v) is 5.21. The first kappa shape index (κ1) is 22.8. The van der Waals surface area contributed by atoms with Crippen molar-refractivity contribution in [3.05, 3.63) is 82.6 Å². The minimum absolute atomic E-state index is 0.121. The normalized spacial score (nSPS) is 11.5. The highest BCUT2D eigenvalue weighted by Crippen LogP contribution is 2.21. The first-order valence-electron chi connectivity index (χ1n) is 10.4. The third kappa shape index (κ3) is 6.83. The molecule has 3 aromatic rings. The molecule has 2 aromatic carbocycles. The highest BCUT2D eigenvalue weighted by Gasteiger charge is 2.04. The Morgan fingerprint density at radius 2 is 1.84 bits per heavy atom. The van der Waals surface area contributed by atoms with Gasteiger partial charge >= 0.3 is 0 Å². The summed E-state index contributed by atoms with van der Waals surface area (Å²) in [5, 5.41) is 13.2. The van der Waals surface area contributed by atoms with E-state index in [-0.39, 0.29) is 12.6 Å². The number of halogens is 1. The Labute approximate surface area is 189 Å². The monoisotopic (exact) mass is 434 g/mol. The van der Waals surface area contributed by atoms with Crippen molar-refractivity contribution in [2.75, 3.05) is 19.8 Å². The number of rotatable bonds is 8. The molecule has 160 valence electrons. The number of aryl methyl sites for hydroxylation is 1. The number of nitrogens with zero attached hydrogens (tertiary/aromatic N) is 1. The van der Waals surface area contributed by atoms with Gasteiger partial charge in [0, 0.05) is 34.9 Å². The van der Waals surface area contributed by atoms with Crippen LogP contribution in [-0.2, 0) is 0 Å². The Bertz CT molecular complexity index is 1030. The summed E-state index contributed by atoms with van der Waals surface area (Å²) in [6.45, 7) is 5.43. The largest absolute Gasteiger partial charge is 0.492 e. The van der Waals surface area contributed by atoms with Crippen LogP contribution in [0.15, 0.2) is 60.8 Å². The van der Waals surface area contributed by atoms with Crippen LogP contribution in [0.2, 0.25) is 5.02 Å². The minimum Gasteiger partial charge on any atom is -0.492 e. The maximum atomic E-state index is 9.20. The number of hydrogen-bond donors (Lipinski definition) is 2. The van der Waals surface area contributed by atoms with Crippen LogP contribution in [0, 0.1) is 18.8 Å².